The van der Waals surface area contributed by atoms with Crippen molar-refractivity contribution in [3.05, 3.63) is 70.7 Å². The van der Waals surface area contributed by atoms with Crippen LogP contribution in [-0.2, 0) is 0 Å². The Hall–Kier alpha value is -1.31. The van der Waals surface area contributed by atoms with Crippen LogP contribution in [-0.4, -0.2) is 6.54 Å². The van der Waals surface area contributed by atoms with Gasteiger partial charge in [0.2, 0.25) is 0 Å². The van der Waals surface area contributed by atoms with Crippen molar-refractivity contribution in [3.8, 4) is 0 Å². The summed E-state index contributed by atoms with van der Waals surface area (Å²) < 4.78 is 0. The first-order valence-corrected chi connectivity index (χ1v) is 7.71. The average Bonchev–Trinajstić information content (AvgIpc) is 3.27. The molecular weight excluding hydrogens is 266 g/mol. The maximum Gasteiger partial charge on any atom is 0.0453 e. The lowest BCUT2D eigenvalue weighted by Gasteiger charge is -2.20. The Labute approximate surface area is 126 Å². The highest BCUT2D eigenvalue weighted by Gasteiger charge is 2.44. The van der Waals surface area contributed by atoms with E-state index in [4.69, 9.17) is 11.6 Å². The lowest BCUT2D eigenvalue weighted by atomic mass is 9.98. The SMILES string of the molecule is CCNC(c1ccccc1Cl)C1CC1c1ccccc1. The molecule has 0 spiro atoms. The van der Waals surface area contributed by atoms with Gasteiger partial charge >= 0.3 is 0 Å². The number of hydrogen-bond acceptors (Lipinski definition) is 1. The van der Waals surface area contributed by atoms with Gasteiger partial charge in [0.15, 0.2) is 0 Å². The predicted molar refractivity (Wildman–Crippen MR) is 85.2 cm³/mol. The Kier molecular flexibility index (Phi) is 4.09. The van der Waals surface area contributed by atoms with Crippen LogP contribution in [0, 0.1) is 5.92 Å². The molecule has 3 atom stereocenters. The molecule has 0 aliphatic heterocycles. The van der Waals surface area contributed by atoms with Gasteiger partial charge in [-0.1, -0.05) is 67.1 Å². The minimum absolute atomic E-state index is 0.360. The standard InChI is InChI=1S/C18H20ClN/c1-2-20-18(14-10-6-7-11-17(14)19)16-12-15(16)13-8-4-3-5-9-13/h3-11,15-16,18,20H,2,12H2,1H3. The molecule has 1 N–H and O–H groups in total. The van der Waals surface area contributed by atoms with Crippen LogP contribution in [0.2, 0.25) is 5.02 Å². The fourth-order valence-corrected chi connectivity index (χ4v) is 3.36. The predicted octanol–water partition coefficient (Wildman–Crippen LogP) is 4.79. The Morgan fingerprint density at radius 3 is 2.50 bits per heavy atom. The van der Waals surface area contributed by atoms with E-state index in [9.17, 15) is 0 Å². The summed E-state index contributed by atoms with van der Waals surface area (Å²) in [4.78, 5) is 0. The third-order valence-corrected chi connectivity index (χ3v) is 4.50. The summed E-state index contributed by atoms with van der Waals surface area (Å²) in [5, 5.41) is 4.49. The first-order valence-electron chi connectivity index (χ1n) is 7.34. The molecule has 20 heavy (non-hydrogen) atoms. The molecule has 1 aliphatic carbocycles. The maximum atomic E-state index is 6.38. The van der Waals surface area contributed by atoms with Crippen LogP contribution in [0.25, 0.3) is 0 Å². The first-order chi connectivity index (χ1) is 9.81. The van der Waals surface area contributed by atoms with E-state index < -0.39 is 0 Å². The summed E-state index contributed by atoms with van der Waals surface area (Å²) in [7, 11) is 0. The van der Waals surface area contributed by atoms with Crippen LogP contribution in [0.1, 0.15) is 36.4 Å². The first kappa shape index (κ1) is 13.7. The largest absolute Gasteiger partial charge is 0.310 e. The van der Waals surface area contributed by atoms with Crippen LogP contribution in [0.4, 0.5) is 0 Å². The van der Waals surface area contributed by atoms with Gasteiger partial charge in [0.05, 0.1) is 0 Å². The minimum atomic E-state index is 0.360. The van der Waals surface area contributed by atoms with Gasteiger partial charge in [0.25, 0.3) is 0 Å². The molecule has 2 aromatic carbocycles. The van der Waals surface area contributed by atoms with Crippen LogP contribution in [0.3, 0.4) is 0 Å². The minimum Gasteiger partial charge on any atom is -0.310 e. The highest BCUT2D eigenvalue weighted by Crippen LogP contribution is 2.54. The van der Waals surface area contributed by atoms with Crippen molar-refractivity contribution in [3.63, 3.8) is 0 Å². The van der Waals surface area contributed by atoms with E-state index in [2.05, 4.69) is 54.7 Å². The third-order valence-electron chi connectivity index (χ3n) is 4.16. The Morgan fingerprint density at radius 1 is 1.10 bits per heavy atom. The Bertz CT molecular complexity index is 567. The molecule has 0 bridgehead atoms. The molecule has 0 aromatic heterocycles. The van der Waals surface area contributed by atoms with E-state index in [1.54, 1.807) is 0 Å². The van der Waals surface area contributed by atoms with E-state index in [0.717, 1.165) is 11.6 Å². The summed E-state index contributed by atoms with van der Waals surface area (Å²) in [6, 6.07) is 19.4. The quantitative estimate of drug-likeness (QED) is 0.832. The fraction of sp³-hybridized carbons (Fsp3) is 0.333. The monoisotopic (exact) mass is 285 g/mol. The summed E-state index contributed by atoms with van der Waals surface area (Å²) in [6.07, 6.45) is 1.24. The summed E-state index contributed by atoms with van der Waals surface area (Å²) in [5.74, 6) is 1.31. The van der Waals surface area contributed by atoms with Gasteiger partial charge < -0.3 is 5.32 Å². The van der Waals surface area contributed by atoms with Gasteiger partial charge in [-0.05, 0) is 42.0 Å². The fourth-order valence-electron chi connectivity index (χ4n) is 3.11. The highest BCUT2D eigenvalue weighted by atomic mass is 35.5. The molecule has 3 unspecified atom stereocenters. The van der Waals surface area contributed by atoms with Crippen LogP contribution >= 0.6 is 11.6 Å². The maximum absolute atomic E-state index is 6.38. The zero-order chi connectivity index (χ0) is 13.9. The lowest BCUT2D eigenvalue weighted by Crippen LogP contribution is -2.23. The second-order valence-corrected chi connectivity index (χ2v) is 5.88. The van der Waals surface area contributed by atoms with Crippen LogP contribution < -0.4 is 5.32 Å². The molecule has 0 radical (unpaired) electrons. The second kappa shape index (κ2) is 5.99. The Morgan fingerprint density at radius 2 is 1.80 bits per heavy atom. The molecule has 3 rings (SSSR count). The van der Waals surface area contributed by atoms with Crippen LogP contribution in [0.15, 0.2) is 54.6 Å². The van der Waals surface area contributed by atoms with E-state index >= 15 is 0 Å². The smallest absolute Gasteiger partial charge is 0.0453 e. The van der Waals surface area contributed by atoms with Crippen molar-refractivity contribution < 1.29 is 0 Å². The van der Waals surface area contributed by atoms with Gasteiger partial charge in [0, 0.05) is 11.1 Å². The highest BCUT2D eigenvalue weighted by molar-refractivity contribution is 6.31. The zero-order valence-corrected chi connectivity index (χ0v) is 12.5. The molecule has 1 nitrogen and oxygen atoms in total. The van der Waals surface area contributed by atoms with E-state index in [-0.39, 0.29) is 0 Å². The number of benzene rings is 2. The molecule has 1 aliphatic rings. The summed E-state index contributed by atoms with van der Waals surface area (Å²) in [6.45, 7) is 3.12. The van der Waals surface area contributed by atoms with Gasteiger partial charge in [-0.3, -0.25) is 0 Å². The van der Waals surface area contributed by atoms with Crippen molar-refractivity contribution in [2.75, 3.05) is 6.54 Å². The topological polar surface area (TPSA) is 12.0 Å². The third kappa shape index (κ3) is 2.74. The van der Waals surface area contributed by atoms with E-state index in [0.29, 0.717) is 17.9 Å². The molecular formula is C18H20ClN. The molecule has 0 heterocycles. The van der Waals surface area contributed by atoms with Crippen molar-refractivity contribution >= 4 is 11.6 Å². The number of nitrogens with one attached hydrogen (secondary N) is 1. The summed E-state index contributed by atoms with van der Waals surface area (Å²) >= 11 is 6.38. The lowest BCUT2D eigenvalue weighted by molar-refractivity contribution is 0.487. The van der Waals surface area contributed by atoms with Crippen LogP contribution in [0.5, 0.6) is 0 Å². The van der Waals surface area contributed by atoms with Gasteiger partial charge in [0.1, 0.15) is 0 Å². The number of halogens is 1. The average molecular weight is 286 g/mol. The van der Waals surface area contributed by atoms with Gasteiger partial charge in [-0.2, -0.15) is 0 Å². The normalized spacial score (nSPS) is 22.5. The number of rotatable bonds is 5. The molecule has 2 aromatic rings. The molecule has 2 heteroatoms. The zero-order valence-electron chi connectivity index (χ0n) is 11.7. The second-order valence-electron chi connectivity index (χ2n) is 5.47. The molecule has 104 valence electrons. The molecule has 0 saturated heterocycles. The Balaban J connectivity index is 1.82. The number of hydrogen-bond donors (Lipinski definition) is 1. The van der Waals surface area contributed by atoms with Crippen molar-refractivity contribution in [2.24, 2.45) is 5.92 Å². The van der Waals surface area contributed by atoms with Crippen molar-refractivity contribution in [1.82, 2.24) is 5.32 Å². The van der Waals surface area contributed by atoms with E-state index in [1.807, 2.05) is 12.1 Å². The van der Waals surface area contributed by atoms with Crippen molar-refractivity contribution in [1.29, 1.82) is 0 Å². The molecule has 1 fully saturated rings. The van der Waals surface area contributed by atoms with E-state index in [1.165, 1.54) is 17.5 Å². The van der Waals surface area contributed by atoms with Gasteiger partial charge in [-0.15, -0.1) is 0 Å². The molecule has 1 saturated carbocycles. The molecule has 0 amide bonds. The van der Waals surface area contributed by atoms with Crippen molar-refractivity contribution in [2.45, 2.75) is 25.3 Å². The van der Waals surface area contributed by atoms with Gasteiger partial charge in [-0.25, -0.2) is 0 Å². The summed E-state index contributed by atoms with van der Waals surface area (Å²) in [5.41, 5.74) is 2.69.